The van der Waals surface area contributed by atoms with Gasteiger partial charge in [-0.15, -0.1) is 0 Å². The van der Waals surface area contributed by atoms with Crippen LogP contribution in [0.2, 0.25) is 0 Å². The van der Waals surface area contributed by atoms with Gasteiger partial charge >= 0.3 is 0 Å². The van der Waals surface area contributed by atoms with Crippen molar-refractivity contribution in [3.05, 3.63) is 47.0 Å². The molecule has 1 rings (SSSR count). The maximum Gasteiger partial charge on any atom is 0.133 e. The average Bonchev–Trinajstić information content (AvgIpc) is 2.29. The van der Waals surface area contributed by atoms with Crippen molar-refractivity contribution >= 4 is 5.78 Å². The highest BCUT2D eigenvalue weighted by Crippen LogP contribution is 2.23. The Balaban J connectivity index is 2.68. The molecule has 0 aliphatic heterocycles. The van der Waals surface area contributed by atoms with Gasteiger partial charge in [0.25, 0.3) is 0 Å². The highest BCUT2D eigenvalue weighted by Gasteiger charge is 2.09. The minimum Gasteiger partial charge on any atom is -0.388 e. The maximum absolute atomic E-state index is 11.0. The summed E-state index contributed by atoms with van der Waals surface area (Å²) in [4.78, 5) is 11.0. The number of rotatable bonds is 5. The summed E-state index contributed by atoms with van der Waals surface area (Å²) in [6.45, 7) is 5.52. The van der Waals surface area contributed by atoms with Crippen molar-refractivity contribution in [2.45, 2.75) is 39.7 Å². The van der Waals surface area contributed by atoms with Crippen molar-refractivity contribution in [2.24, 2.45) is 0 Å². The lowest BCUT2D eigenvalue weighted by atomic mass is 9.97. The van der Waals surface area contributed by atoms with E-state index in [4.69, 9.17) is 0 Å². The van der Waals surface area contributed by atoms with Crippen LogP contribution in [0, 0.1) is 0 Å². The first-order valence-electron chi connectivity index (χ1n) is 5.88. The van der Waals surface area contributed by atoms with Gasteiger partial charge in [0, 0.05) is 6.42 Å². The molecule has 2 nitrogen and oxygen atoms in total. The van der Waals surface area contributed by atoms with Crippen molar-refractivity contribution in [1.29, 1.82) is 0 Å². The first kappa shape index (κ1) is 13.7. The van der Waals surface area contributed by atoms with Gasteiger partial charge < -0.3 is 5.11 Å². The zero-order valence-corrected chi connectivity index (χ0v) is 10.7. The molecule has 1 N–H and O–H groups in total. The Morgan fingerprint density at radius 2 is 1.71 bits per heavy atom. The van der Waals surface area contributed by atoms with Crippen LogP contribution in [0.25, 0.3) is 0 Å². The van der Waals surface area contributed by atoms with E-state index in [2.05, 4.69) is 0 Å². The number of Topliss-reactive ketones (excluding diaryl/α,β-unsaturated/α-hetero) is 1. The molecule has 0 bridgehead atoms. The molecule has 0 aliphatic rings. The van der Waals surface area contributed by atoms with Crippen molar-refractivity contribution in [2.75, 3.05) is 0 Å². The molecule has 0 saturated carbocycles. The monoisotopic (exact) mass is 232 g/mol. The fourth-order valence-electron chi connectivity index (χ4n) is 1.78. The van der Waals surface area contributed by atoms with Gasteiger partial charge in [0.2, 0.25) is 0 Å². The van der Waals surface area contributed by atoms with Crippen LogP contribution in [-0.4, -0.2) is 10.9 Å². The lowest BCUT2D eigenvalue weighted by Gasteiger charge is -2.13. The summed E-state index contributed by atoms with van der Waals surface area (Å²) >= 11 is 0. The summed E-state index contributed by atoms with van der Waals surface area (Å²) < 4.78 is 0. The fraction of sp³-hybridized carbons (Fsp3) is 0.400. The van der Waals surface area contributed by atoms with E-state index in [0.717, 1.165) is 16.7 Å². The Morgan fingerprint density at radius 1 is 1.12 bits per heavy atom. The number of benzene rings is 1. The molecule has 0 radical (unpaired) electrons. The number of carbonyl (C=O) groups excluding carboxylic acids is 1. The number of allylic oxidation sites excluding steroid dienone is 1. The predicted molar refractivity (Wildman–Crippen MR) is 69.7 cm³/mol. The first-order chi connectivity index (χ1) is 8.00. The molecule has 2 heteroatoms. The predicted octanol–water partition coefficient (Wildman–Crippen LogP) is 3.43. The molecule has 0 saturated heterocycles. The van der Waals surface area contributed by atoms with Crippen molar-refractivity contribution < 1.29 is 9.90 Å². The third kappa shape index (κ3) is 4.53. The normalized spacial score (nSPS) is 14.1. The Hall–Kier alpha value is -1.41. The SMILES string of the molecule is CC(=O)C/C(C)=C(\C)CC(O)c1ccccc1. The van der Waals surface area contributed by atoms with E-state index in [0.29, 0.717) is 12.8 Å². The maximum atomic E-state index is 11.0. The summed E-state index contributed by atoms with van der Waals surface area (Å²) in [5.41, 5.74) is 3.08. The smallest absolute Gasteiger partial charge is 0.133 e. The molecule has 17 heavy (non-hydrogen) atoms. The fourth-order valence-corrected chi connectivity index (χ4v) is 1.78. The minimum atomic E-state index is -0.488. The molecule has 0 spiro atoms. The lowest BCUT2D eigenvalue weighted by Crippen LogP contribution is -2.00. The standard InChI is InChI=1S/C15H20O2/c1-11(9-13(3)16)12(2)10-15(17)14-7-5-4-6-8-14/h4-8,15,17H,9-10H2,1-3H3/b12-11+. The van der Waals surface area contributed by atoms with Gasteiger partial charge in [-0.1, -0.05) is 41.5 Å². The van der Waals surface area contributed by atoms with Gasteiger partial charge in [-0.2, -0.15) is 0 Å². The van der Waals surface area contributed by atoms with Crippen LogP contribution in [-0.2, 0) is 4.79 Å². The molecule has 1 unspecified atom stereocenters. The molecule has 0 aliphatic carbocycles. The van der Waals surface area contributed by atoms with E-state index >= 15 is 0 Å². The molecule has 0 aromatic heterocycles. The molecular weight excluding hydrogens is 212 g/mol. The third-order valence-electron chi connectivity index (χ3n) is 2.93. The highest BCUT2D eigenvalue weighted by molar-refractivity contribution is 5.78. The van der Waals surface area contributed by atoms with Gasteiger partial charge in [-0.25, -0.2) is 0 Å². The van der Waals surface area contributed by atoms with Gasteiger partial charge in [0.1, 0.15) is 5.78 Å². The number of aliphatic hydroxyl groups excluding tert-OH is 1. The Kier molecular flexibility index (Phi) is 5.11. The molecule has 92 valence electrons. The van der Waals surface area contributed by atoms with Crippen molar-refractivity contribution in [1.82, 2.24) is 0 Å². The Labute approximate surface area is 103 Å². The average molecular weight is 232 g/mol. The van der Waals surface area contributed by atoms with Crippen LogP contribution >= 0.6 is 0 Å². The zero-order valence-electron chi connectivity index (χ0n) is 10.7. The number of carbonyl (C=O) groups is 1. The van der Waals surface area contributed by atoms with Crippen LogP contribution in [0.1, 0.15) is 45.3 Å². The molecule has 0 amide bonds. The third-order valence-corrected chi connectivity index (χ3v) is 2.93. The molecule has 0 fully saturated rings. The molecule has 1 aromatic rings. The van der Waals surface area contributed by atoms with Crippen LogP contribution in [0.3, 0.4) is 0 Å². The number of aliphatic hydroxyl groups is 1. The summed E-state index contributed by atoms with van der Waals surface area (Å²) in [5.74, 6) is 0.163. The Morgan fingerprint density at radius 3 is 2.24 bits per heavy atom. The summed E-state index contributed by atoms with van der Waals surface area (Å²) in [6, 6.07) is 9.59. The molecule has 1 aromatic carbocycles. The van der Waals surface area contributed by atoms with Crippen LogP contribution in [0.5, 0.6) is 0 Å². The summed E-state index contributed by atoms with van der Waals surface area (Å²) in [6.07, 6.45) is 0.578. The van der Waals surface area contributed by atoms with Gasteiger partial charge in [-0.3, -0.25) is 4.79 Å². The molecular formula is C15H20O2. The van der Waals surface area contributed by atoms with E-state index in [-0.39, 0.29) is 5.78 Å². The quantitative estimate of drug-likeness (QED) is 0.790. The number of ketones is 1. The summed E-state index contributed by atoms with van der Waals surface area (Å²) in [7, 11) is 0. The second-order valence-corrected chi connectivity index (χ2v) is 4.57. The zero-order chi connectivity index (χ0) is 12.8. The van der Waals surface area contributed by atoms with Gasteiger partial charge in [0.15, 0.2) is 0 Å². The second-order valence-electron chi connectivity index (χ2n) is 4.57. The number of hydrogen-bond acceptors (Lipinski definition) is 2. The van der Waals surface area contributed by atoms with Crippen molar-refractivity contribution in [3.63, 3.8) is 0 Å². The van der Waals surface area contributed by atoms with E-state index in [1.54, 1.807) is 6.92 Å². The molecule has 0 heterocycles. The highest BCUT2D eigenvalue weighted by atomic mass is 16.3. The molecule has 1 atom stereocenters. The van der Waals surface area contributed by atoms with Crippen LogP contribution < -0.4 is 0 Å². The minimum absolute atomic E-state index is 0.163. The largest absolute Gasteiger partial charge is 0.388 e. The van der Waals surface area contributed by atoms with E-state index < -0.39 is 6.10 Å². The van der Waals surface area contributed by atoms with Gasteiger partial charge in [-0.05, 0) is 32.8 Å². The van der Waals surface area contributed by atoms with Gasteiger partial charge in [0.05, 0.1) is 6.10 Å². The van der Waals surface area contributed by atoms with E-state index in [1.165, 1.54) is 0 Å². The van der Waals surface area contributed by atoms with Crippen LogP contribution in [0.4, 0.5) is 0 Å². The van der Waals surface area contributed by atoms with Crippen molar-refractivity contribution in [3.8, 4) is 0 Å². The van der Waals surface area contributed by atoms with Crippen LogP contribution in [0.15, 0.2) is 41.5 Å². The van der Waals surface area contributed by atoms with E-state index in [9.17, 15) is 9.90 Å². The first-order valence-corrected chi connectivity index (χ1v) is 5.88. The lowest BCUT2D eigenvalue weighted by molar-refractivity contribution is -0.116. The second kappa shape index (κ2) is 6.36. The van der Waals surface area contributed by atoms with E-state index in [1.807, 2.05) is 44.2 Å². The summed E-state index contributed by atoms with van der Waals surface area (Å²) in [5, 5.41) is 10.1. The number of hydrogen-bond donors (Lipinski definition) is 1. The topological polar surface area (TPSA) is 37.3 Å². The Bertz CT molecular complexity index is 404.